The third kappa shape index (κ3) is 3.04. The molecule has 6 heteroatoms. The minimum Gasteiger partial charge on any atom is -0.426 e. The van der Waals surface area contributed by atoms with Gasteiger partial charge in [-0.3, -0.25) is 0 Å². The first-order valence-electron chi connectivity index (χ1n) is 7.03. The van der Waals surface area contributed by atoms with E-state index in [1.165, 1.54) is 19.3 Å². The summed E-state index contributed by atoms with van der Waals surface area (Å²) in [6.45, 7) is 0.807. The largest absolute Gasteiger partial charge is 0.475 e. The summed E-state index contributed by atoms with van der Waals surface area (Å²) >= 11 is 5.49. The molecule has 0 radical (unpaired) electrons. The molecule has 4 N–H and O–H groups in total. The number of hydrogen-bond acceptors (Lipinski definition) is 4. The summed E-state index contributed by atoms with van der Waals surface area (Å²) in [5.74, 6) is 0.218. The Morgan fingerprint density at radius 2 is 1.83 bits per heavy atom. The number of likely N-dealkylation sites (tertiary alicyclic amines) is 1. The Kier molecular flexibility index (Phi) is 5.01. The van der Waals surface area contributed by atoms with Crippen molar-refractivity contribution in [2.24, 2.45) is 11.7 Å². The van der Waals surface area contributed by atoms with E-state index in [4.69, 9.17) is 18.0 Å². The highest BCUT2D eigenvalue weighted by Crippen LogP contribution is 2.28. The van der Waals surface area contributed by atoms with Gasteiger partial charge in [-0.2, -0.15) is 0 Å². The van der Waals surface area contributed by atoms with Crippen molar-refractivity contribution >= 4 is 24.3 Å². The molecule has 1 saturated carbocycles. The first-order valence-corrected chi connectivity index (χ1v) is 7.44. The van der Waals surface area contributed by atoms with Gasteiger partial charge in [-0.1, -0.05) is 31.5 Å². The zero-order valence-electron chi connectivity index (χ0n) is 10.8. The Morgan fingerprint density at radius 3 is 2.44 bits per heavy atom. The lowest BCUT2D eigenvalue weighted by Gasteiger charge is -2.34. The fourth-order valence-electron chi connectivity index (χ4n) is 3.26. The molecule has 0 amide bonds. The van der Waals surface area contributed by atoms with Crippen LogP contribution in [0.4, 0.5) is 0 Å². The van der Waals surface area contributed by atoms with Gasteiger partial charge in [0.25, 0.3) is 0 Å². The Morgan fingerprint density at radius 1 is 1.17 bits per heavy atom. The summed E-state index contributed by atoms with van der Waals surface area (Å²) in [5, 5.41) is 18.8. The van der Waals surface area contributed by atoms with E-state index in [9.17, 15) is 10.0 Å². The topological polar surface area (TPSA) is 69.7 Å². The number of hydrogen-bond donors (Lipinski definition) is 3. The number of thiocarbonyl (C=S) groups is 1. The van der Waals surface area contributed by atoms with Gasteiger partial charge in [-0.05, 0) is 31.6 Å². The second-order valence-corrected chi connectivity index (χ2v) is 6.00. The van der Waals surface area contributed by atoms with Gasteiger partial charge in [-0.15, -0.1) is 0 Å². The van der Waals surface area contributed by atoms with E-state index in [0.717, 1.165) is 37.2 Å². The smallest absolute Gasteiger partial charge is 0.426 e. The Balaban J connectivity index is 1.96. The van der Waals surface area contributed by atoms with Crippen LogP contribution in [0.15, 0.2) is 0 Å². The molecule has 1 unspecified atom stereocenters. The van der Waals surface area contributed by atoms with Crippen LogP contribution in [0.2, 0.25) is 0 Å². The fraction of sp³-hybridized carbons (Fsp3) is 0.917. The molecule has 1 aliphatic heterocycles. The van der Waals surface area contributed by atoms with E-state index in [-0.39, 0.29) is 12.0 Å². The van der Waals surface area contributed by atoms with E-state index >= 15 is 0 Å². The van der Waals surface area contributed by atoms with E-state index < -0.39 is 7.12 Å². The molecule has 4 nitrogen and oxygen atoms in total. The van der Waals surface area contributed by atoms with Crippen LogP contribution in [0.3, 0.4) is 0 Å². The maximum absolute atomic E-state index is 9.38. The SMILES string of the molecule is NC(C(=S)N1CCC[C@H]1B(O)O)C1CCCCC1. The lowest BCUT2D eigenvalue weighted by Crippen LogP contribution is -2.52. The van der Waals surface area contributed by atoms with E-state index in [1.54, 1.807) is 0 Å². The monoisotopic (exact) mass is 270 g/mol. The van der Waals surface area contributed by atoms with Gasteiger partial charge < -0.3 is 20.7 Å². The second-order valence-electron chi connectivity index (χ2n) is 5.58. The second kappa shape index (κ2) is 6.32. The van der Waals surface area contributed by atoms with Crippen molar-refractivity contribution in [3.8, 4) is 0 Å². The summed E-state index contributed by atoms with van der Waals surface area (Å²) in [7, 11) is -1.32. The quantitative estimate of drug-likeness (QED) is 0.520. The third-order valence-electron chi connectivity index (χ3n) is 4.37. The average Bonchev–Trinajstić information content (AvgIpc) is 2.87. The molecule has 0 aromatic rings. The predicted octanol–water partition coefficient (Wildman–Crippen LogP) is 0.698. The van der Waals surface area contributed by atoms with Gasteiger partial charge in [0.2, 0.25) is 0 Å². The van der Waals surface area contributed by atoms with Crippen LogP contribution in [0.5, 0.6) is 0 Å². The molecule has 102 valence electrons. The summed E-state index contributed by atoms with van der Waals surface area (Å²) < 4.78 is 0. The zero-order chi connectivity index (χ0) is 13.1. The van der Waals surface area contributed by atoms with Crippen LogP contribution in [0.1, 0.15) is 44.9 Å². The molecule has 1 saturated heterocycles. The van der Waals surface area contributed by atoms with Crippen LogP contribution in [0.25, 0.3) is 0 Å². The summed E-state index contributed by atoms with van der Waals surface area (Å²) in [4.78, 5) is 2.68. The molecule has 2 aliphatic rings. The van der Waals surface area contributed by atoms with Crippen LogP contribution < -0.4 is 5.73 Å². The summed E-state index contributed by atoms with van der Waals surface area (Å²) in [6, 6.07) is -0.0975. The normalized spacial score (nSPS) is 27.3. The highest BCUT2D eigenvalue weighted by molar-refractivity contribution is 7.80. The van der Waals surface area contributed by atoms with Crippen LogP contribution in [-0.2, 0) is 0 Å². The van der Waals surface area contributed by atoms with Gasteiger partial charge in [0.05, 0.1) is 17.0 Å². The summed E-state index contributed by atoms with van der Waals surface area (Å²) in [6.07, 6.45) is 7.84. The minimum absolute atomic E-state index is 0.0975. The van der Waals surface area contributed by atoms with Crippen molar-refractivity contribution in [2.75, 3.05) is 6.54 Å². The number of nitrogens with zero attached hydrogens (tertiary/aromatic N) is 1. The Labute approximate surface area is 115 Å². The van der Waals surface area contributed by atoms with Crippen LogP contribution in [-0.4, -0.2) is 45.6 Å². The van der Waals surface area contributed by atoms with Gasteiger partial charge in [-0.25, -0.2) is 0 Å². The molecule has 0 aromatic heterocycles. The average molecular weight is 270 g/mol. The molecule has 0 bridgehead atoms. The fourth-order valence-corrected chi connectivity index (χ4v) is 3.68. The predicted molar refractivity (Wildman–Crippen MR) is 77.1 cm³/mol. The summed E-state index contributed by atoms with van der Waals surface area (Å²) in [5.41, 5.74) is 6.29. The van der Waals surface area contributed by atoms with Crippen molar-refractivity contribution in [3.05, 3.63) is 0 Å². The van der Waals surface area contributed by atoms with Crippen molar-refractivity contribution < 1.29 is 10.0 Å². The molecule has 1 aliphatic carbocycles. The van der Waals surface area contributed by atoms with Crippen molar-refractivity contribution in [1.29, 1.82) is 0 Å². The van der Waals surface area contributed by atoms with Gasteiger partial charge in [0.1, 0.15) is 0 Å². The highest BCUT2D eigenvalue weighted by Gasteiger charge is 2.38. The van der Waals surface area contributed by atoms with Gasteiger partial charge in [0.15, 0.2) is 0 Å². The molecular formula is C12H23BN2O2S. The standard InChI is InChI=1S/C12H23BN2O2S/c14-11(9-5-2-1-3-6-9)12(18)15-8-4-7-10(15)13(16)17/h9-11,16-17H,1-8,14H2/t10-,11?/m0/s1. The first kappa shape index (κ1) is 14.2. The van der Waals surface area contributed by atoms with Gasteiger partial charge >= 0.3 is 7.12 Å². The van der Waals surface area contributed by atoms with E-state index in [2.05, 4.69) is 0 Å². The molecule has 18 heavy (non-hydrogen) atoms. The highest BCUT2D eigenvalue weighted by atomic mass is 32.1. The zero-order valence-corrected chi connectivity index (χ0v) is 11.6. The molecular weight excluding hydrogens is 247 g/mol. The lowest BCUT2D eigenvalue weighted by atomic mass is 9.77. The molecule has 2 fully saturated rings. The van der Waals surface area contributed by atoms with Crippen LogP contribution >= 0.6 is 12.2 Å². The van der Waals surface area contributed by atoms with Crippen molar-refractivity contribution in [1.82, 2.24) is 4.90 Å². The number of nitrogens with two attached hydrogens (primary N) is 1. The molecule has 0 spiro atoms. The van der Waals surface area contributed by atoms with E-state index in [1.807, 2.05) is 4.90 Å². The molecule has 1 heterocycles. The van der Waals surface area contributed by atoms with Crippen LogP contribution in [0, 0.1) is 5.92 Å². The molecule has 2 rings (SSSR count). The minimum atomic E-state index is -1.32. The Bertz CT molecular complexity index is 298. The first-order chi connectivity index (χ1) is 8.61. The van der Waals surface area contributed by atoms with Crippen molar-refractivity contribution in [2.45, 2.75) is 56.9 Å². The molecule has 2 atom stereocenters. The third-order valence-corrected chi connectivity index (χ3v) is 4.88. The molecule has 0 aromatic carbocycles. The number of rotatable bonds is 3. The Hall–Kier alpha value is -0.165. The van der Waals surface area contributed by atoms with E-state index in [0.29, 0.717) is 5.92 Å². The van der Waals surface area contributed by atoms with Crippen molar-refractivity contribution in [3.63, 3.8) is 0 Å². The maximum Gasteiger partial charge on any atom is 0.475 e. The lowest BCUT2D eigenvalue weighted by molar-refractivity contribution is 0.308. The van der Waals surface area contributed by atoms with Gasteiger partial charge in [0, 0.05) is 6.54 Å². The maximum atomic E-state index is 9.38.